The van der Waals surface area contributed by atoms with Gasteiger partial charge in [-0.15, -0.1) is 6.58 Å². The van der Waals surface area contributed by atoms with Crippen molar-refractivity contribution in [2.75, 3.05) is 0 Å². The predicted molar refractivity (Wildman–Crippen MR) is 96.9 cm³/mol. The van der Waals surface area contributed by atoms with E-state index in [4.69, 9.17) is 4.74 Å². The number of allylic oxidation sites excluding steroid dienone is 3. The summed E-state index contributed by atoms with van der Waals surface area (Å²) in [4.78, 5) is 11.5. The summed E-state index contributed by atoms with van der Waals surface area (Å²) in [5.41, 5.74) is 0. The van der Waals surface area contributed by atoms with E-state index in [1.54, 1.807) is 6.92 Å². The van der Waals surface area contributed by atoms with Crippen molar-refractivity contribution >= 4 is 5.97 Å². The first-order valence-corrected chi connectivity index (χ1v) is 8.79. The average molecular weight is 328 g/mol. The highest BCUT2D eigenvalue weighted by atomic mass is 16.6. The molecule has 0 saturated carbocycles. The van der Waals surface area contributed by atoms with E-state index < -0.39 is 6.10 Å². The van der Waals surface area contributed by atoms with Gasteiger partial charge in [-0.1, -0.05) is 43.3 Å². The summed E-state index contributed by atoms with van der Waals surface area (Å²) >= 11 is 0. The molecule has 1 N–H and O–H groups in total. The molecule has 0 spiro atoms. The van der Waals surface area contributed by atoms with Crippen molar-refractivity contribution in [2.45, 2.75) is 70.5 Å². The summed E-state index contributed by atoms with van der Waals surface area (Å²) in [5, 5.41) is 9.85. The second-order valence-electron chi connectivity index (χ2n) is 6.03. The second kappa shape index (κ2) is 12.5. The van der Waals surface area contributed by atoms with Gasteiger partial charge in [0.05, 0.1) is 5.92 Å². The van der Waals surface area contributed by atoms with Gasteiger partial charge in [-0.3, -0.25) is 4.79 Å². The van der Waals surface area contributed by atoms with Crippen molar-refractivity contribution in [3.05, 3.63) is 24.8 Å². The van der Waals surface area contributed by atoms with Crippen LogP contribution in [0.3, 0.4) is 0 Å². The van der Waals surface area contributed by atoms with Crippen LogP contribution in [0.15, 0.2) is 24.8 Å². The quantitative estimate of drug-likeness (QED) is 0.303. The molecule has 3 heteroatoms. The minimum atomic E-state index is -0.646. The number of ether oxygens (including phenoxy) is 1. The first-order chi connectivity index (χ1) is 11.7. The molecule has 1 heterocycles. The fourth-order valence-electron chi connectivity index (χ4n) is 2.57. The number of carbonyl (C=O) groups is 1. The van der Waals surface area contributed by atoms with Gasteiger partial charge in [0.25, 0.3) is 0 Å². The Labute approximate surface area is 146 Å². The van der Waals surface area contributed by atoms with Crippen LogP contribution in [0.5, 0.6) is 0 Å². The molecule has 1 saturated heterocycles. The Morgan fingerprint density at radius 1 is 1.21 bits per heavy atom. The molecule has 0 amide bonds. The topological polar surface area (TPSA) is 46.5 Å². The van der Waals surface area contributed by atoms with Crippen molar-refractivity contribution in [1.29, 1.82) is 0 Å². The fraction of sp³-hybridized carbons (Fsp3) is 0.571. The van der Waals surface area contributed by atoms with Gasteiger partial charge >= 0.3 is 5.97 Å². The van der Waals surface area contributed by atoms with E-state index in [0.717, 1.165) is 44.9 Å². The zero-order chi connectivity index (χ0) is 17.6. The van der Waals surface area contributed by atoms with Gasteiger partial charge in [0, 0.05) is 6.42 Å². The van der Waals surface area contributed by atoms with E-state index in [9.17, 15) is 9.90 Å². The lowest BCUT2D eigenvalue weighted by Gasteiger charge is -2.11. The van der Waals surface area contributed by atoms with Crippen LogP contribution in [0.25, 0.3) is 0 Å². The Morgan fingerprint density at radius 3 is 2.71 bits per heavy atom. The van der Waals surface area contributed by atoms with Crippen LogP contribution in [-0.2, 0) is 9.53 Å². The zero-order valence-corrected chi connectivity index (χ0v) is 14.6. The highest BCUT2D eigenvalue weighted by Crippen LogP contribution is 2.26. The monoisotopic (exact) mass is 328 g/mol. The zero-order valence-electron chi connectivity index (χ0n) is 14.6. The summed E-state index contributed by atoms with van der Waals surface area (Å²) in [7, 11) is 0. The van der Waals surface area contributed by atoms with E-state index in [-0.39, 0.29) is 18.0 Å². The molecular weight excluding hydrogens is 300 g/mol. The molecule has 3 atom stereocenters. The fourth-order valence-corrected chi connectivity index (χ4v) is 2.57. The highest BCUT2D eigenvalue weighted by Gasteiger charge is 2.40. The van der Waals surface area contributed by atoms with Gasteiger partial charge in [-0.25, -0.2) is 0 Å². The van der Waals surface area contributed by atoms with Gasteiger partial charge in [0.1, 0.15) is 12.2 Å². The van der Waals surface area contributed by atoms with Crippen LogP contribution in [0.4, 0.5) is 0 Å². The van der Waals surface area contributed by atoms with Gasteiger partial charge in [-0.2, -0.15) is 0 Å². The second-order valence-corrected chi connectivity index (χ2v) is 6.03. The minimum absolute atomic E-state index is 0.252. The molecular formula is C21H28O3. The molecule has 130 valence electrons. The summed E-state index contributed by atoms with van der Waals surface area (Å²) in [6, 6.07) is 0. The number of cyclic esters (lactones) is 1. The van der Waals surface area contributed by atoms with E-state index >= 15 is 0 Å². The number of unbranched alkanes of at least 4 members (excludes halogenated alkanes) is 5. The molecule has 0 unspecified atom stereocenters. The lowest BCUT2D eigenvalue weighted by atomic mass is 9.95. The molecule has 0 aliphatic carbocycles. The van der Waals surface area contributed by atoms with E-state index in [1.807, 2.05) is 18.2 Å². The Bertz CT molecular complexity index is 539. The van der Waals surface area contributed by atoms with Crippen LogP contribution >= 0.6 is 0 Å². The Morgan fingerprint density at radius 2 is 2.00 bits per heavy atom. The SMILES string of the molecule is C=CCC/C=C\C#CC#CCCCCCC[C@H]1C(=O)O[C@@H](C)[C@@H]1O. The maximum Gasteiger partial charge on any atom is 0.312 e. The molecule has 1 rings (SSSR count). The van der Waals surface area contributed by atoms with Crippen LogP contribution in [0.1, 0.15) is 58.3 Å². The molecule has 0 aromatic rings. The Hall–Kier alpha value is -1.97. The third kappa shape index (κ3) is 8.04. The largest absolute Gasteiger partial charge is 0.460 e. The first-order valence-electron chi connectivity index (χ1n) is 8.79. The summed E-state index contributed by atoms with van der Waals surface area (Å²) in [5.74, 6) is 11.0. The van der Waals surface area contributed by atoms with Crippen LogP contribution in [0.2, 0.25) is 0 Å². The van der Waals surface area contributed by atoms with E-state index in [2.05, 4.69) is 30.3 Å². The summed E-state index contributed by atoms with van der Waals surface area (Å²) < 4.78 is 5.03. The lowest BCUT2D eigenvalue weighted by molar-refractivity contribution is -0.143. The Balaban J connectivity index is 2.02. The molecule has 1 aliphatic rings. The molecule has 3 nitrogen and oxygen atoms in total. The number of rotatable bonds is 9. The summed E-state index contributed by atoms with van der Waals surface area (Å²) in [6.07, 6.45) is 12.3. The van der Waals surface area contributed by atoms with Crippen molar-refractivity contribution in [3.8, 4) is 23.7 Å². The molecule has 0 aromatic carbocycles. The normalized spacial score (nSPS) is 22.4. The molecule has 0 aromatic heterocycles. The number of aliphatic hydroxyl groups excluding tert-OH is 1. The summed E-state index contributed by atoms with van der Waals surface area (Å²) in [6.45, 7) is 5.40. The maximum atomic E-state index is 11.5. The first kappa shape index (κ1) is 20.1. The number of esters is 1. The average Bonchev–Trinajstić information content (AvgIpc) is 2.81. The van der Waals surface area contributed by atoms with Crippen LogP contribution in [0, 0.1) is 29.6 Å². The number of aliphatic hydroxyl groups is 1. The van der Waals surface area contributed by atoms with Gasteiger partial charge in [0.15, 0.2) is 0 Å². The van der Waals surface area contributed by atoms with Crippen LogP contribution < -0.4 is 0 Å². The molecule has 24 heavy (non-hydrogen) atoms. The smallest absolute Gasteiger partial charge is 0.312 e. The Kier molecular flexibility index (Phi) is 10.4. The molecule has 0 radical (unpaired) electrons. The van der Waals surface area contributed by atoms with Crippen molar-refractivity contribution in [3.63, 3.8) is 0 Å². The predicted octanol–water partition coefficient (Wildman–Crippen LogP) is 3.78. The van der Waals surface area contributed by atoms with Gasteiger partial charge < -0.3 is 9.84 Å². The van der Waals surface area contributed by atoms with Gasteiger partial charge in [-0.05, 0) is 50.5 Å². The number of carbonyl (C=O) groups excluding carboxylic acids is 1. The minimum Gasteiger partial charge on any atom is -0.460 e. The third-order valence-electron chi connectivity index (χ3n) is 4.03. The highest BCUT2D eigenvalue weighted by molar-refractivity contribution is 5.75. The molecule has 0 bridgehead atoms. The number of hydrogen-bond acceptors (Lipinski definition) is 3. The van der Waals surface area contributed by atoms with E-state index in [1.165, 1.54) is 0 Å². The number of hydrogen-bond donors (Lipinski definition) is 1. The lowest BCUT2D eigenvalue weighted by Crippen LogP contribution is -2.24. The van der Waals surface area contributed by atoms with E-state index in [0.29, 0.717) is 6.42 Å². The maximum absolute atomic E-state index is 11.5. The molecule has 1 fully saturated rings. The standard InChI is InChI=1S/C21H28O3/c1-3-4-5-6-7-8-9-10-11-12-13-14-15-16-17-19-20(22)18(2)24-21(19)23/h3,6-7,18-20,22H,1,4-5,12-17H2,2H3/b7-6-/t18-,19+,20-/m0/s1. The van der Waals surface area contributed by atoms with Crippen molar-refractivity contribution < 1.29 is 14.6 Å². The van der Waals surface area contributed by atoms with Gasteiger partial charge in [0.2, 0.25) is 0 Å². The van der Waals surface area contributed by atoms with Crippen LogP contribution in [-0.4, -0.2) is 23.3 Å². The third-order valence-corrected chi connectivity index (χ3v) is 4.03. The van der Waals surface area contributed by atoms with Crippen molar-refractivity contribution in [1.82, 2.24) is 0 Å². The van der Waals surface area contributed by atoms with Crippen molar-refractivity contribution in [2.24, 2.45) is 5.92 Å². The molecule has 1 aliphatic heterocycles.